The van der Waals surface area contributed by atoms with Crippen LogP contribution in [0.1, 0.15) is 36.0 Å². The molecule has 11 heteroatoms. The zero-order valence-electron chi connectivity index (χ0n) is 18.5. The summed E-state index contributed by atoms with van der Waals surface area (Å²) in [6.45, 7) is 3.23. The molecular formula is C23H24ClN7O2S. The lowest BCUT2D eigenvalue weighted by molar-refractivity contribution is 0.0581. The van der Waals surface area contributed by atoms with E-state index >= 15 is 0 Å². The van der Waals surface area contributed by atoms with Crippen molar-refractivity contribution in [2.75, 3.05) is 29.5 Å². The molecule has 34 heavy (non-hydrogen) atoms. The quantitative estimate of drug-likeness (QED) is 0.543. The maximum Gasteiger partial charge on any atom is 0.153 e. The minimum Gasteiger partial charge on any atom is -0.354 e. The Hall–Kier alpha value is -2.56. The second-order valence-corrected chi connectivity index (χ2v) is 12.8. The van der Waals surface area contributed by atoms with Crippen LogP contribution in [0.25, 0.3) is 5.69 Å². The van der Waals surface area contributed by atoms with Gasteiger partial charge in [-0.2, -0.15) is 0 Å². The van der Waals surface area contributed by atoms with Crippen molar-refractivity contribution in [3.8, 4) is 5.69 Å². The number of aromatic nitrogens is 5. The number of nitrogens with zero attached hydrogens (tertiary/aromatic N) is 7. The third-order valence-electron chi connectivity index (χ3n) is 7.81. The van der Waals surface area contributed by atoms with Gasteiger partial charge in [0.2, 0.25) is 0 Å². The fourth-order valence-electron chi connectivity index (χ4n) is 6.13. The van der Waals surface area contributed by atoms with E-state index in [1.165, 1.54) is 0 Å². The standard InChI is InChI=1S/C23H24ClN7O2S/c24-17-1-2-19-15(5-17)9-29(18-11-34(32,33)12-18)10-21-27-28-22(31(19)21)16-6-23(7-16)13-30(14-23)20-8-25-3-4-26-20/h1-5,8,16,18H,6-7,9-14H2. The summed E-state index contributed by atoms with van der Waals surface area (Å²) in [5.74, 6) is 3.58. The van der Waals surface area contributed by atoms with Crippen LogP contribution in [-0.2, 0) is 22.9 Å². The van der Waals surface area contributed by atoms with E-state index in [4.69, 9.17) is 11.6 Å². The maximum absolute atomic E-state index is 11.8. The van der Waals surface area contributed by atoms with Gasteiger partial charge in [-0.25, -0.2) is 13.4 Å². The molecule has 4 aliphatic rings. The topological polar surface area (TPSA) is 97.1 Å². The summed E-state index contributed by atoms with van der Waals surface area (Å²) in [5, 5.41) is 9.91. The van der Waals surface area contributed by atoms with E-state index in [-0.39, 0.29) is 17.5 Å². The van der Waals surface area contributed by atoms with Crippen LogP contribution >= 0.6 is 11.6 Å². The van der Waals surface area contributed by atoms with Crippen molar-refractivity contribution in [2.24, 2.45) is 5.41 Å². The van der Waals surface area contributed by atoms with Gasteiger partial charge in [-0.3, -0.25) is 14.5 Å². The zero-order valence-corrected chi connectivity index (χ0v) is 20.1. The normalized spacial score (nSPS) is 25.0. The molecule has 5 heterocycles. The Morgan fingerprint density at radius 2 is 1.88 bits per heavy atom. The Kier molecular flexibility index (Phi) is 4.41. The molecule has 0 radical (unpaired) electrons. The second kappa shape index (κ2) is 7.22. The van der Waals surface area contributed by atoms with Crippen molar-refractivity contribution >= 4 is 27.3 Å². The van der Waals surface area contributed by atoms with Gasteiger partial charge in [-0.05, 0) is 36.6 Å². The summed E-state index contributed by atoms with van der Waals surface area (Å²) < 4.78 is 25.9. The lowest BCUT2D eigenvalue weighted by Gasteiger charge is -2.59. The number of benzene rings is 1. The van der Waals surface area contributed by atoms with Gasteiger partial charge >= 0.3 is 0 Å². The first-order valence-electron chi connectivity index (χ1n) is 11.6. The summed E-state index contributed by atoms with van der Waals surface area (Å²) in [6.07, 6.45) is 7.42. The molecule has 1 spiro atoms. The average Bonchev–Trinajstić information content (AvgIpc) is 3.06. The van der Waals surface area contributed by atoms with Gasteiger partial charge in [0.05, 0.1) is 29.9 Å². The molecular weight excluding hydrogens is 474 g/mol. The minimum atomic E-state index is -2.91. The van der Waals surface area contributed by atoms with E-state index in [2.05, 4.69) is 34.5 Å². The molecule has 2 aromatic heterocycles. The van der Waals surface area contributed by atoms with Crippen LogP contribution in [0, 0.1) is 5.41 Å². The average molecular weight is 498 g/mol. The molecule has 3 aromatic rings. The first-order valence-corrected chi connectivity index (χ1v) is 13.8. The van der Waals surface area contributed by atoms with Crippen molar-refractivity contribution < 1.29 is 8.42 Å². The molecule has 0 amide bonds. The predicted molar refractivity (Wildman–Crippen MR) is 127 cm³/mol. The fourth-order valence-corrected chi connectivity index (χ4v) is 7.82. The van der Waals surface area contributed by atoms with E-state index in [0.29, 0.717) is 29.4 Å². The van der Waals surface area contributed by atoms with E-state index in [1.54, 1.807) is 12.4 Å². The van der Waals surface area contributed by atoms with Crippen molar-refractivity contribution in [1.29, 1.82) is 0 Å². The first kappa shape index (κ1) is 20.8. The van der Waals surface area contributed by atoms with E-state index in [1.807, 2.05) is 24.4 Å². The van der Waals surface area contributed by atoms with Crippen LogP contribution in [0.5, 0.6) is 0 Å². The molecule has 0 N–H and O–H groups in total. The van der Waals surface area contributed by atoms with E-state index < -0.39 is 9.84 Å². The van der Waals surface area contributed by atoms with Crippen LogP contribution in [0.15, 0.2) is 36.8 Å². The summed E-state index contributed by atoms with van der Waals surface area (Å²) in [6, 6.07) is 5.95. The van der Waals surface area contributed by atoms with Crippen molar-refractivity contribution in [1.82, 2.24) is 29.6 Å². The molecule has 1 aromatic carbocycles. The lowest BCUT2D eigenvalue weighted by Crippen LogP contribution is -2.62. The van der Waals surface area contributed by atoms with E-state index in [0.717, 1.165) is 54.6 Å². The zero-order chi connectivity index (χ0) is 23.1. The molecule has 0 unspecified atom stereocenters. The third kappa shape index (κ3) is 3.26. The van der Waals surface area contributed by atoms with Crippen molar-refractivity contribution in [2.45, 2.75) is 37.9 Å². The van der Waals surface area contributed by atoms with Gasteiger partial charge in [0.15, 0.2) is 15.7 Å². The second-order valence-electron chi connectivity index (χ2n) is 10.2. The molecule has 0 bridgehead atoms. The minimum absolute atomic E-state index is 0.0116. The van der Waals surface area contributed by atoms with Crippen LogP contribution in [0.2, 0.25) is 5.02 Å². The van der Waals surface area contributed by atoms with Gasteiger partial charge in [0.1, 0.15) is 11.6 Å². The smallest absolute Gasteiger partial charge is 0.153 e. The molecule has 3 aliphatic heterocycles. The summed E-state index contributed by atoms with van der Waals surface area (Å²) in [7, 11) is -2.91. The number of hydrogen-bond donors (Lipinski definition) is 0. The molecule has 0 atom stereocenters. The number of sulfone groups is 1. The van der Waals surface area contributed by atoms with Crippen LogP contribution in [-0.4, -0.2) is 68.7 Å². The molecule has 2 saturated heterocycles. The van der Waals surface area contributed by atoms with Gasteiger partial charge in [-0.15, -0.1) is 10.2 Å². The Morgan fingerprint density at radius 3 is 2.62 bits per heavy atom. The highest BCUT2D eigenvalue weighted by atomic mass is 35.5. The molecule has 176 valence electrons. The number of halogens is 1. The Bertz CT molecular complexity index is 1370. The number of fused-ring (bicyclic) bond motifs is 3. The Balaban J connectivity index is 1.15. The van der Waals surface area contributed by atoms with Crippen LogP contribution in [0.4, 0.5) is 5.82 Å². The van der Waals surface area contributed by atoms with Gasteiger partial charge in [0.25, 0.3) is 0 Å². The Labute approximate surface area is 202 Å². The highest BCUT2D eigenvalue weighted by Gasteiger charge is 2.54. The van der Waals surface area contributed by atoms with Crippen LogP contribution in [0.3, 0.4) is 0 Å². The van der Waals surface area contributed by atoms with Crippen molar-refractivity contribution in [3.05, 3.63) is 59.0 Å². The summed E-state index contributed by atoms with van der Waals surface area (Å²) in [4.78, 5) is 13.1. The first-order chi connectivity index (χ1) is 16.4. The third-order valence-corrected chi connectivity index (χ3v) is 9.83. The largest absolute Gasteiger partial charge is 0.354 e. The lowest BCUT2D eigenvalue weighted by atomic mass is 9.57. The number of anilines is 1. The highest BCUT2D eigenvalue weighted by molar-refractivity contribution is 7.92. The molecule has 3 fully saturated rings. The molecule has 7 rings (SSSR count). The van der Waals surface area contributed by atoms with Gasteiger partial charge < -0.3 is 4.90 Å². The van der Waals surface area contributed by atoms with Crippen molar-refractivity contribution in [3.63, 3.8) is 0 Å². The maximum atomic E-state index is 11.8. The number of rotatable bonds is 3. The fraction of sp³-hybridized carbons (Fsp3) is 0.478. The molecule has 1 aliphatic carbocycles. The SMILES string of the molecule is O=S1(=O)CC(N2Cc3cc(Cl)ccc3-n3c(nnc3C3CC4(C3)CN(c3cnccn3)C4)C2)C1. The summed E-state index contributed by atoms with van der Waals surface area (Å²) >= 11 is 6.35. The molecule has 9 nitrogen and oxygen atoms in total. The van der Waals surface area contributed by atoms with Crippen LogP contribution < -0.4 is 4.90 Å². The predicted octanol–water partition coefficient (Wildman–Crippen LogP) is 2.21. The highest BCUT2D eigenvalue weighted by Crippen LogP contribution is 2.56. The van der Waals surface area contributed by atoms with Gasteiger partial charge in [-0.1, -0.05) is 11.6 Å². The summed E-state index contributed by atoms with van der Waals surface area (Å²) in [5.41, 5.74) is 2.46. The molecule has 1 saturated carbocycles. The monoisotopic (exact) mass is 497 g/mol. The Morgan fingerprint density at radius 1 is 1.06 bits per heavy atom. The number of hydrogen-bond acceptors (Lipinski definition) is 8. The van der Waals surface area contributed by atoms with Gasteiger partial charge in [0, 0.05) is 54.4 Å². The van der Waals surface area contributed by atoms with E-state index in [9.17, 15) is 8.42 Å².